The topological polar surface area (TPSA) is 63.8 Å². The maximum absolute atomic E-state index is 13.1. The van der Waals surface area contributed by atoms with Crippen molar-refractivity contribution in [2.45, 2.75) is 0 Å². The van der Waals surface area contributed by atoms with Crippen LogP contribution in [0.2, 0.25) is 0 Å². The van der Waals surface area contributed by atoms with Gasteiger partial charge in [-0.25, -0.2) is 9.37 Å². The fourth-order valence-electron chi connectivity index (χ4n) is 3.37. The second-order valence-corrected chi connectivity index (χ2v) is 6.28. The van der Waals surface area contributed by atoms with Gasteiger partial charge in [-0.05, 0) is 36.4 Å². The van der Waals surface area contributed by atoms with Gasteiger partial charge in [0, 0.05) is 31.9 Å². The number of hydrogen-bond acceptors (Lipinski definition) is 4. The first kappa shape index (κ1) is 14.3. The third kappa shape index (κ3) is 2.39. The Morgan fingerprint density at radius 1 is 0.880 bits per heavy atom. The molecule has 1 aromatic carbocycles. The van der Waals surface area contributed by atoms with Gasteiger partial charge >= 0.3 is 0 Å². The largest absolute Gasteiger partial charge is 0.368 e. The summed E-state index contributed by atoms with van der Waals surface area (Å²) >= 11 is 0. The average molecular weight is 336 g/mol. The van der Waals surface area contributed by atoms with E-state index in [4.69, 9.17) is 4.98 Å². The van der Waals surface area contributed by atoms with E-state index in [1.807, 2.05) is 30.5 Å². The summed E-state index contributed by atoms with van der Waals surface area (Å²) in [7, 11) is 0. The summed E-state index contributed by atoms with van der Waals surface area (Å²) in [6.07, 6.45) is 1.82. The van der Waals surface area contributed by atoms with Crippen LogP contribution in [-0.4, -0.2) is 46.3 Å². The molecule has 6 nitrogen and oxygen atoms in total. The summed E-state index contributed by atoms with van der Waals surface area (Å²) < 4.78 is 13.1. The molecule has 0 saturated carbocycles. The van der Waals surface area contributed by atoms with E-state index in [0.29, 0.717) is 0 Å². The number of rotatable bonds is 2. The number of piperazine rings is 1. The summed E-state index contributed by atoms with van der Waals surface area (Å²) in [5.74, 6) is 0.770. The zero-order chi connectivity index (χ0) is 16.8. The van der Waals surface area contributed by atoms with Crippen molar-refractivity contribution in [3.63, 3.8) is 0 Å². The van der Waals surface area contributed by atoms with Crippen molar-refractivity contribution in [3.05, 3.63) is 48.4 Å². The zero-order valence-corrected chi connectivity index (χ0v) is 13.5. The second kappa shape index (κ2) is 5.47. The van der Waals surface area contributed by atoms with Gasteiger partial charge in [0.2, 0.25) is 0 Å². The summed E-state index contributed by atoms with van der Waals surface area (Å²) in [6.45, 7) is 3.53. The first-order valence-corrected chi connectivity index (χ1v) is 8.35. The van der Waals surface area contributed by atoms with Crippen LogP contribution in [0.5, 0.6) is 0 Å². The zero-order valence-electron chi connectivity index (χ0n) is 13.5. The molecule has 2 N–H and O–H groups in total. The lowest BCUT2D eigenvalue weighted by molar-refractivity contribution is 0.624. The molecule has 0 spiro atoms. The van der Waals surface area contributed by atoms with Crippen molar-refractivity contribution in [2.75, 3.05) is 36.0 Å². The number of fused-ring (bicyclic) bond motifs is 3. The number of aromatic nitrogens is 4. The van der Waals surface area contributed by atoms with E-state index in [1.54, 1.807) is 0 Å². The smallest absolute Gasteiger partial charge is 0.129 e. The number of aromatic amines is 2. The Labute approximate surface area is 143 Å². The molecule has 0 amide bonds. The number of anilines is 2. The lowest BCUT2D eigenvalue weighted by Gasteiger charge is -2.36. The van der Waals surface area contributed by atoms with Gasteiger partial charge in [-0.15, -0.1) is 0 Å². The molecule has 126 valence electrons. The number of halogens is 1. The first-order valence-electron chi connectivity index (χ1n) is 8.35. The molecule has 0 unspecified atom stereocenters. The van der Waals surface area contributed by atoms with Gasteiger partial charge in [0.25, 0.3) is 0 Å². The number of H-pyrrole nitrogens is 2. The van der Waals surface area contributed by atoms with Crippen molar-refractivity contribution in [1.29, 1.82) is 0 Å². The van der Waals surface area contributed by atoms with Gasteiger partial charge < -0.3 is 9.80 Å². The van der Waals surface area contributed by atoms with Crippen molar-refractivity contribution >= 4 is 33.6 Å². The highest BCUT2D eigenvalue weighted by molar-refractivity contribution is 6.00. The van der Waals surface area contributed by atoms with Crippen LogP contribution in [0.4, 0.5) is 15.9 Å². The average Bonchev–Trinajstić information content (AvgIpc) is 2.62. The van der Waals surface area contributed by atoms with Gasteiger partial charge in [0.1, 0.15) is 22.7 Å². The molecule has 1 fully saturated rings. The normalized spacial score (nSPS) is 15.4. The van der Waals surface area contributed by atoms with Crippen LogP contribution in [-0.2, 0) is 0 Å². The molecule has 1 aliphatic heterocycles. The minimum Gasteiger partial charge on any atom is -0.368 e. The summed E-state index contributed by atoms with van der Waals surface area (Å²) in [6, 6.07) is 10.7. The van der Waals surface area contributed by atoms with Gasteiger partial charge in [-0.1, -0.05) is 0 Å². The number of pyridine rings is 2. The predicted molar refractivity (Wildman–Crippen MR) is 96.6 cm³/mol. The number of hydrogen-bond donors (Lipinski definition) is 2. The maximum atomic E-state index is 13.1. The molecule has 25 heavy (non-hydrogen) atoms. The third-order valence-corrected chi connectivity index (χ3v) is 4.82. The van der Waals surface area contributed by atoms with Crippen LogP contribution in [0.1, 0.15) is 0 Å². The Balaban J connectivity index is 1.37. The molecule has 0 atom stereocenters. The molecule has 1 saturated heterocycles. The fraction of sp³-hybridized carbons (Fsp3) is 0.222. The van der Waals surface area contributed by atoms with Crippen LogP contribution in [0.3, 0.4) is 0 Å². The highest BCUT2D eigenvalue weighted by Gasteiger charge is 2.19. The molecule has 7 heteroatoms. The van der Waals surface area contributed by atoms with Crippen LogP contribution in [0.15, 0.2) is 42.6 Å². The van der Waals surface area contributed by atoms with E-state index in [0.717, 1.165) is 59.8 Å². The second-order valence-electron chi connectivity index (χ2n) is 6.28. The molecule has 4 aromatic rings. The molecule has 5 rings (SSSR count). The Morgan fingerprint density at radius 2 is 1.64 bits per heavy atom. The molecular formula is C18H17FN6. The Morgan fingerprint density at radius 3 is 2.36 bits per heavy atom. The summed E-state index contributed by atoms with van der Waals surface area (Å²) in [5, 5.41) is 6.09. The number of nitrogens with zero attached hydrogens (tertiary/aromatic N) is 4. The fourth-order valence-corrected chi connectivity index (χ4v) is 3.37. The molecule has 0 bridgehead atoms. The maximum Gasteiger partial charge on any atom is 0.129 e. The van der Waals surface area contributed by atoms with Crippen LogP contribution >= 0.6 is 0 Å². The Hall–Kier alpha value is -3.09. The Bertz CT molecular complexity index is 1020. The van der Waals surface area contributed by atoms with E-state index in [-0.39, 0.29) is 5.82 Å². The molecule has 0 aliphatic carbocycles. The number of nitrogens with one attached hydrogen (secondary N) is 2. The molecular weight excluding hydrogens is 319 g/mol. The Kier molecular flexibility index (Phi) is 3.12. The summed E-state index contributed by atoms with van der Waals surface area (Å²) in [5.41, 5.74) is 4.85. The van der Waals surface area contributed by atoms with Crippen LogP contribution in [0.25, 0.3) is 22.1 Å². The molecule has 3 aromatic heterocycles. The van der Waals surface area contributed by atoms with Crippen LogP contribution in [0, 0.1) is 5.82 Å². The monoisotopic (exact) mass is 336 g/mol. The third-order valence-electron chi connectivity index (χ3n) is 4.82. The van der Waals surface area contributed by atoms with Gasteiger partial charge in [0.05, 0.1) is 17.2 Å². The van der Waals surface area contributed by atoms with E-state index in [1.165, 1.54) is 12.1 Å². The first-order chi connectivity index (χ1) is 12.3. The minimum absolute atomic E-state index is 0.198. The molecule has 4 heterocycles. The summed E-state index contributed by atoms with van der Waals surface area (Å²) in [4.78, 5) is 13.8. The van der Waals surface area contributed by atoms with E-state index < -0.39 is 0 Å². The van der Waals surface area contributed by atoms with Gasteiger partial charge in [-0.3, -0.25) is 15.2 Å². The van der Waals surface area contributed by atoms with Crippen molar-refractivity contribution in [3.8, 4) is 0 Å². The van der Waals surface area contributed by atoms with Crippen molar-refractivity contribution in [2.24, 2.45) is 0 Å². The lowest BCUT2D eigenvalue weighted by atomic mass is 10.2. The van der Waals surface area contributed by atoms with Gasteiger partial charge in [-0.2, -0.15) is 0 Å². The van der Waals surface area contributed by atoms with Crippen LogP contribution < -0.4 is 9.80 Å². The predicted octanol–water partition coefficient (Wildman–Crippen LogP) is 2.90. The van der Waals surface area contributed by atoms with Gasteiger partial charge in [0.15, 0.2) is 0 Å². The van der Waals surface area contributed by atoms with E-state index in [9.17, 15) is 4.39 Å². The number of benzene rings is 1. The molecule has 1 aliphatic rings. The van der Waals surface area contributed by atoms with Crippen molar-refractivity contribution < 1.29 is 4.39 Å². The van der Waals surface area contributed by atoms with E-state index in [2.05, 4.69) is 25.0 Å². The lowest BCUT2D eigenvalue weighted by Crippen LogP contribution is -2.46. The SMILES string of the molecule is Fc1ccc(N2CCN(c3ccc4ncc5[nH][nH]c5c4n3)CC2)cc1. The quantitative estimate of drug-likeness (QED) is 0.591. The highest BCUT2D eigenvalue weighted by Crippen LogP contribution is 2.24. The minimum atomic E-state index is -0.198. The molecule has 0 radical (unpaired) electrons. The van der Waals surface area contributed by atoms with E-state index >= 15 is 0 Å². The standard InChI is InChI=1S/C18H17FN6/c19-12-1-3-13(4-2-12)24-7-9-25(10-8-24)16-6-5-14-17(21-16)18-15(11-20-14)22-23-18/h1-6,11,22-23H,7-10H2. The van der Waals surface area contributed by atoms with Crippen molar-refractivity contribution in [1.82, 2.24) is 20.2 Å². The highest BCUT2D eigenvalue weighted by atomic mass is 19.1.